The van der Waals surface area contributed by atoms with Gasteiger partial charge in [0.15, 0.2) is 0 Å². The fourth-order valence-electron chi connectivity index (χ4n) is 3.11. The van der Waals surface area contributed by atoms with Gasteiger partial charge in [-0.3, -0.25) is 9.59 Å². The van der Waals surface area contributed by atoms with Crippen molar-refractivity contribution in [2.75, 3.05) is 6.54 Å². The van der Waals surface area contributed by atoms with Crippen LogP contribution in [0.4, 0.5) is 0 Å². The number of Topliss-reactive ketones (excluding diaryl/α,β-unsaturated/α-hetero) is 2. The minimum Gasteiger partial charge on any atom is -0.291 e. The third-order valence-electron chi connectivity index (χ3n) is 4.47. The summed E-state index contributed by atoms with van der Waals surface area (Å²) in [5.74, 6) is -0.769. The first-order valence-corrected chi connectivity index (χ1v) is 5.07. The van der Waals surface area contributed by atoms with Crippen molar-refractivity contribution in [2.24, 2.45) is 21.9 Å². The number of carbonyl (C=O) groups is 2. The number of carbonyl (C=O) groups excluding carboxylic acids is 2. The van der Waals surface area contributed by atoms with Gasteiger partial charge in [-0.15, -0.1) is 0 Å². The quantitative estimate of drug-likeness (QED) is 0.299. The van der Waals surface area contributed by atoms with Crippen LogP contribution in [0.5, 0.6) is 0 Å². The number of azide groups is 1. The molecule has 15 heavy (non-hydrogen) atoms. The Labute approximate surface area is 87.5 Å². The predicted molar refractivity (Wildman–Crippen MR) is 53.0 cm³/mol. The van der Waals surface area contributed by atoms with Crippen molar-refractivity contribution in [3.8, 4) is 0 Å². The lowest BCUT2D eigenvalue weighted by molar-refractivity contribution is -0.141. The Balaban J connectivity index is 2.46. The van der Waals surface area contributed by atoms with E-state index in [2.05, 4.69) is 10.0 Å². The summed E-state index contributed by atoms with van der Waals surface area (Å²) in [7, 11) is 0. The molecule has 2 saturated carbocycles. The average molecular weight is 207 g/mol. The van der Waals surface area contributed by atoms with Crippen LogP contribution in [0.1, 0.15) is 26.7 Å². The first-order valence-electron chi connectivity index (χ1n) is 5.07. The third kappa shape index (κ3) is 0.960. The van der Waals surface area contributed by atoms with Crippen LogP contribution < -0.4 is 0 Å². The van der Waals surface area contributed by atoms with E-state index in [0.29, 0.717) is 0 Å². The standard InChI is InChI=1S/C10H13N3O2/c1-9-4-3-6(7(14)8(9)15)10(9,2)5-12-13-11/h6H,3-5H2,1-2H3. The fourth-order valence-corrected chi connectivity index (χ4v) is 3.11. The Bertz CT molecular complexity index is 399. The van der Waals surface area contributed by atoms with Crippen LogP contribution in [0.3, 0.4) is 0 Å². The molecule has 0 aromatic heterocycles. The molecular weight excluding hydrogens is 194 g/mol. The molecule has 0 aliphatic heterocycles. The Morgan fingerprint density at radius 3 is 2.67 bits per heavy atom. The van der Waals surface area contributed by atoms with Crippen molar-refractivity contribution in [2.45, 2.75) is 26.7 Å². The van der Waals surface area contributed by atoms with E-state index in [-0.39, 0.29) is 24.0 Å². The molecule has 0 spiro atoms. The van der Waals surface area contributed by atoms with Gasteiger partial charge in [-0.1, -0.05) is 19.0 Å². The van der Waals surface area contributed by atoms with Crippen molar-refractivity contribution in [3.63, 3.8) is 0 Å². The largest absolute Gasteiger partial charge is 0.291 e. The summed E-state index contributed by atoms with van der Waals surface area (Å²) < 4.78 is 0. The van der Waals surface area contributed by atoms with E-state index >= 15 is 0 Å². The van der Waals surface area contributed by atoms with E-state index in [1.165, 1.54) is 0 Å². The maximum absolute atomic E-state index is 11.8. The monoisotopic (exact) mass is 207 g/mol. The van der Waals surface area contributed by atoms with E-state index < -0.39 is 10.8 Å². The molecule has 0 aromatic carbocycles. The van der Waals surface area contributed by atoms with Crippen LogP contribution >= 0.6 is 0 Å². The van der Waals surface area contributed by atoms with E-state index in [1.54, 1.807) is 0 Å². The molecule has 80 valence electrons. The zero-order valence-corrected chi connectivity index (χ0v) is 8.86. The van der Waals surface area contributed by atoms with Gasteiger partial charge in [-0.25, -0.2) is 0 Å². The molecule has 5 heteroatoms. The lowest BCUT2D eigenvalue weighted by Crippen LogP contribution is -2.37. The van der Waals surface area contributed by atoms with E-state index in [9.17, 15) is 9.59 Å². The number of nitrogens with zero attached hydrogens (tertiary/aromatic N) is 3. The number of hydrogen-bond acceptors (Lipinski definition) is 3. The maximum atomic E-state index is 11.8. The van der Waals surface area contributed by atoms with E-state index in [1.807, 2.05) is 13.8 Å². The Hall–Kier alpha value is -1.35. The second-order valence-corrected chi connectivity index (χ2v) is 4.92. The van der Waals surface area contributed by atoms with Crippen molar-refractivity contribution < 1.29 is 9.59 Å². The van der Waals surface area contributed by atoms with Gasteiger partial charge < -0.3 is 0 Å². The van der Waals surface area contributed by atoms with Gasteiger partial charge in [0.25, 0.3) is 0 Å². The topological polar surface area (TPSA) is 82.9 Å². The zero-order chi connectivity index (χ0) is 11.3. The highest BCUT2D eigenvalue weighted by atomic mass is 16.2. The van der Waals surface area contributed by atoms with E-state index in [4.69, 9.17) is 5.53 Å². The second-order valence-electron chi connectivity index (χ2n) is 4.92. The van der Waals surface area contributed by atoms with Gasteiger partial charge in [-0.2, -0.15) is 0 Å². The molecule has 0 aromatic rings. The summed E-state index contributed by atoms with van der Waals surface area (Å²) in [5, 5.41) is 3.56. The van der Waals surface area contributed by atoms with Crippen molar-refractivity contribution in [3.05, 3.63) is 10.4 Å². The second kappa shape index (κ2) is 2.83. The van der Waals surface area contributed by atoms with E-state index in [0.717, 1.165) is 12.8 Å². The normalized spacial score (nSPS) is 43.2. The Morgan fingerprint density at radius 2 is 2.20 bits per heavy atom. The number of hydrogen-bond donors (Lipinski definition) is 0. The Kier molecular flexibility index (Phi) is 1.92. The number of fused-ring (bicyclic) bond motifs is 2. The molecule has 2 aliphatic carbocycles. The summed E-state index contributed by atoms with van der Waals surface area (Å²) in [5.41, 5.74) is 7.27. The van der Waals surface area contributed by atoms with Gasteiger partial charge in [0.05, 0.1) is 0 Å². The summed E-state index contributed by atoms with van der Waals surface area (Å²) in [6.07, 6.45) is 1.48. The SMILES string of the molecule is CC12CCC(C(=O)C1=O)C2(C)CN=[N+]=[N-]. The number of ketones is 2. The molecule has 0 amide bonds. The molecule has 2 aliphatic rings. The average Bonchev–Trinajstić information content (AvgIpc) is 2.54. The summed E-state index contributed by atoms with van der Waals surface area (Å²) in [4.78, 5) is 26.2. The summed E-state index contributed by atoms with van der Waals surface area (Å²) in [6.45, 7) is 3.96. The maximum Gasteiger partial charge on any atom is 0.205 e. The molecule has 2 rings (SSSR count). The molecule has 2 bridgehead atoms. The first-order chi connectivity index (χ1) is 6.97. The van der Waals surface area contributed by atoms with Gasteiger partial charge in [-0.05, 0) is 23.8 Å². The molecule has 0 heterocycles. The highest BCUT2D eigenvalue weighted by molar-refractivity contribution is 6.43. The Morgan fingerprint density at radius 1 is 1.53 bits per heavy atom. The van der Waals surface area contributed by atoms with Crippen LogP contribution in [0, 0.1) is 16.7 Å². The summed E-state index contributed by atoms with van der Waals surface area (Å²) >= 11 is 0. The van der Waals surface area contributed by atoms with Crippen LogP contribution in [0.15, 0.2) is 5.11 Å². The third-order valence-corrected chi connectivity index (χ3v) is 4.47. The highest BCUT2D eigenvalue weighted by Gasteiger charge is 2.68. The van der Waals surface area contributed by atoms with Gasteiger partial charge in [0.2, 0.25) is 11.6 Å². The number of rotatable bonds is 2. The molecule has 3 unspecified atom stereocenters. The first kappa shape index (κ1) is 10.2. The van der Waals surface area contributed by atoms with Gasteiger partial charge in [0.1, 0.15) is 0 Å². The summed E-state index contributed by atoms with van der Waals surface area (Å²) in [6, 6.07) is 0. The van der Waals surface area contributed by atoms with Gasteiger partial charge >= 0.3 is 0 Å². The van der Waals surface area contributed by atoms with Crippen LogP contribution in [0.25, 0.3) is 10.4 Å². The lowest BCUT2D eigenvalue weighted by Gasteiger charge is -2.34. The highest BCUT2D eigenvalue weighted by Crippen LogP contribution is 2.62. The molecule has 5 nitrogen and oxygen atoms in total. The zero-order valence-electron chi connectivity index (χ0n) is 8.86. The smallest absolute Gasteiger partial charge is 0.205 e. The molecule has 0 saturated heterocycles. The fraction of sp³-hybridized carbons (Fsp3) is 0.800. The minimum atomic E-state index is -0.608. The molecule has 3 atom stereocenters. The van der Waals surface area contributed by atoms with Crippen LogP contribution in [-0.2, 0) is 9.59 Å². The van der Waals surface area contributed by atoms with Crippen LogP contribution in [-0.4, -0.2) is 18.1 Å². The van der Waals surface area contributed by atoms with Crippen molar-refractivity contribution in [1.29, 1.82) is 0 Å². The minimum absolute atomic E-state index is 0.236. The molecular formula is C10H13N3O2. The molecule has 0 radical (unpaired) electrons. The molecule has 0 N–H and O–H groups in total. The lowest BCUT2D eigenvalue weighted by atomic mass is 9.69. The van der Waals surface area contributed by atoms with Crippen molar-refractivity contribution in [1.82, 2.24) is 0 Å². The van der Waals surface area contributed by atoms with Crippen molar-refractivity contribution >= 4 is 11.6 Å². The predicted octanol–water partition coefficient (Wildman–Crippen LogP) is 1.87. The van der Waals surface area contributed by atoms with Gasteiger partial charge in [0, 0.05) is 22.8 Å². The molecule has 2 fully saturated rings. The van der Waals surface area contributed by atoms with Crippen LogP contribution in [0.2, 0.25) is 0 Å².